The Kier molecular flexibility index (Phi) is 7.04. The Morgan fingerprint density at radius 3 is 3.03 bits per heavy atom. The van der Waals surface area contributed by atoms with Gasteiger partial charge >= 0.3 is 6.09 Å². The second-order valence-corrected chi connectivity index (χ2v) is 8.70. The Morgan fingerprint density at radius 2 is 2.22 bits per heavy atom. The lowest BCUT2D eigenvalue weighted by molar-refractivity contribution is -0.122. The first-order valence-electron chi connectivity index (χ1n) is 11.9. The fourth-order valence-electron chi connectivity index (χ4n) is 4.20. The molecule has 0 aromatic carbocycles. The van der Waals surface area contributed by atoms with E-state index in [1.807, 2.05) is 12.2 Å². The van der Waals surface area contributed by atoms with Crippen LogP contribution in [-0.2, 0) is 25.4 Å². The number of nitrogens with two attached hydrogens (primary N) is 1. The number of nitrogens with zero attached hydrogens (tertiary/aromatic N) is 3. The number of amides is 2. The zero-order valence-electron chi connectivity index (χ0n) is 20.3. The standard InChI is InChI=1S/C26H27N5O6/c1-34-22-8-7-20-24(30-22)17(9-10-28-20)11-19(27)25(32)29-12-18-13-31(26(33)36-18)23-15-35-14-21(37-23)16-5-3-2-4-6-16/h2-3,5,7-10,14-15,18-19H,4,6,11-13,27H2,1H3,(H,29,32)/t18-,19+/m1/s1. The van der Waals surface area contributed by atoms with Gasteiger partial charge in [-0.05, 0) is 42.5 Å². The zero-order chi connectivity index (χ0) is 25.8. The van der Waals surface area contributed by atoms with Gasteiger partial charge in [-0.25, -0.2) is 14.7 Å². The molecule has 0 saturated carbocycles. The highest BCUT2D eigenvalue weighted by Crippen LogP contribution is 2.29. The van der Waals surface area contributed by atoms with Crippen molar-refractivity contribution in [3.8, 4) is 5.88 Å². The molecule has 2 atom stereocenters. The maximum atomic E-state index is 12.7. The van der Waals surface area contributed by atoms with E-state index in [1.54, 1.807) is 24.4 Å². The maximum Gasteiger partial charge on any atom is 0.417 e. The van der Waals surface area contributed by atoms with E-state index in [9.17, 15) is 9.59 Å². The molecule has 1 saturated heterocycles. The van der Waals surface area contributed by atoms with Gasteiger partial charge in [0.25, 0.3) is 0 Å². The van der Waals surface area contributed by atoms with E-state index < -0.39 is 18.2 Å². The summed E-state index contributed by atoms with van der Waals surface area (Å²) < 4.78 is 21.9. The predicted molar refractivity (Wildman–Crippen MR) is 133 cm³/mol. The number of fused-ring (bicyclic) bond motifs is 1. The Labute approximate surface area is 213 Å². The highest BCUT2D eigenvalue weighted by atomic mass is 16.6. The first-order chi connectivity index (χ1) is 18.0. The molecule has 2 amide bonds. The van der Waals surface area contributed by atoms with Crippen LogP contribution in [0.2, 0.25) is 0 Å². The lowest BCUT2D eigenvalue weighted by Gasteiger charge is -2.23. The van der Waals surface area contributed by atoms with Crippen LogP contribution in [0.3, 0.4) is 0 Å². The molecule has 3 aliphatic rings. The highest BCUT2D eigenvalue weighted by molar-refractivity contribution is 5.84. The average molecular weight is 506 g/mol. The van der Waals surface area contributed by atoms with E-state index in [1.165, 1.54) is 24.5 Å². The molecule has 0 spiro atoms. The normalized spacial score (nSPS) is 19.7. The molecular formula is C26H27N5O6. The smallest absolute Gasteiger partial charge is 0.417 e. The molecule has 2 aromatic heterocycles. The fraction of sp³-hybridized carbons (Fsp3) is 0.308. The summed E-state index contributed by atoms with van der Waals surface area (Å²) >= 11 is 0. The third kappa shape index (κ3) is 5.41. The average Bonchev–Trinajstić information content (AvgIpc) is 3.32. The van der Waals surface area contributed by atoms with Crippen LogP contribution in [-0.4, -0.2) is 59.2 Å². The number of carbonyl (C=O) groups is 2. The molecule has 3 N–H and O–H groups in total. The van der Waals surface area contributed by atoms with Crippen molar-refractivity contribution in [2.24, 2.45) is 5.73 Å². The van der Waals surface area contributed by atoms with E-state index in [-0.39, 0.29) is 31.3 Å². The summed E-state index contributed by atoms with van der Waals surface area (Å²) in [4.78, 5) is 35.3. The lowest BCUT2D eigenvalue weighted by Crippen LogP contribution is -2.45. The van der Waals surface area contributed by atoms with Crippen molar-refractivity contribution in [2.45, 2.75) is 31.4 Å². The van der Waals surface area contributed by atoms with Gasteiger partial charge in [0.05, 0.1) is 37.3 Å². The number of pyridine rings is 2. The molecule has 0 bridgehead atoms. The topological polar surface area (TPSA) is 138 Å². The van der Waals surface area contributed by atoms with Gasteiger partial charge in [-0.2, -0.15) is 0 Å². The van der Waals surface area contributed by atoms with Gasteiger partial charge < -0.3 is 30.0 Å². The zero-order valence-corrected chi connectivity index (χ0v) is 20.3. The second-order valence-electron chi connectivity index (χ2n) is 8.70. The number of allylic oxidation sites excluding steroid dienone is 4. The number of methoxy groups -OCH3 is 1. The largest absolute Gasteiger partial charge is 0.481 e. The molecular weight excluding hydrogens is 478 g/mol. The molecule has 5 rings (SSSR count). The molecule has 0 radical (unpaired) electrons. The molecule has 1 fully saturated rings. The molecule has 1 aliphatic carbocycles. The molecule has 4 heterocycles. The molecule has 11 heteroatoms. The van der Waals surface area contributed by atoms with Gasteiger partial charge in [0, 0.05) is 12.3 Å². The molecule has 192 valence electrons. The number of hydrogen-bond donors (Lipinski definition) is 2. The van der Waals surface area contributed by atoms with Crippen LogP contribution in [0, 0.1) is 0 Å². The van der Waals surface area contributed by atoms with E-state index >= 15 is 0 Å². The molecule has 2 aromatic rings. The minimum atomic E-state index is -0.838. The van der Waals surface area contributed by atoms with Gasteiger partial charge in [-0.3, -0.25) is 9.78 Å². The summed E-state index contributed by atoms with van der Waals surface area (Å²) in [6, 6.07) is 4.46. The molecule has 37 heavy (non-hydrogen) atoms. The Bertz CT molecular complexity index is 1330. The van der Waals surface area contributed by atoms with Crippen molar-refractivity contribution in [2.75, 3.05) is 20.2 Å². The number of rotatable bonds is 8. The minimum absolute atomic E-state index is 0.102. The summed E-state index contributed by atoms with van der Waals surface area (Å²) in [5.41, 5.74) is 9.25. The number of aromatic nitrogens is 2. The van der Waals surface area contributed by atoms with Crippen molar-refractivity contribution >= 4 is 23.0 Å². The minimum Gasteiger partial charge on any atom is -0.481 e. The quantitative estimate of drug-likeness (QED) is 0.554. The maximum absolute atomic E-state index is 12.7. The number of cyclic esters (lactones) is 1. The monoisotopic (exact) mass is 505 g/mol. The van der Waals surface area contributed by atoms with Gasteiger partial charge in [-0.1, -0.05) is 18.2 Å². The molecule has 11 nitrogen and oxygen atoms in total. The van der Waals surface area contributed by atoms with Crippen molar-refractivity contribution < 1.29 is 28.5 Å². The van der Waals surface area contributed by atoms with Crippen LogP contribution >= 0.6 is 0 Å². The van der Waals surface area contributed by atoms with Crippen LogP contribution in [0.25, 0.3) is 11.0 Å². The van der Waals surface area contributed by atoms with Gasteiger partial charge in [-0.15, -0.1) is 0 Å². The predicted octanol–water partition coefficient (Wildman–Crippen LogP) is 2.41. The van der Waals surface area contributed by atoms with Crippen LogP contribution < -0.4 is 15.8 Å². The first-order valence-corrected chi connectivity index (χ1v) is 11.9. The van der Waals surface area contributed by atoms with Gasteiger partial charge in [0.1, 0.15) is 12.4 Å². The SMILES string of the molecule is COc1ccc2nccc(C[C@H](N)C(=O)NC[C@@H]3CN(C4=COC=C(C5=CC=CCC5)O4)C(=O)O3)c2n1. The van der Waals surface area contributed by atoms with E-state index in [2.05, 4.69) is 21.4 Å². The summed E-state index contributed by atoms with van der Waals surface area (Å²) in [6.07, 6.45) is 11.3. The third-order valence-electron chi connectivity index (χ3n) is 6.16. The van der Waals surface area contributed by atoms with Crippen LogP contribution in [0.4, 0.5) is 4.79 Å². The van der Waals surface area contributed by atoms with Crippen molar-refractivity contribution in [3.05, 3.63) is 77.9 Å². The summed E-state index contributed by atoms with van der Waals surface area (Å²) in [5, 5.41) is 2.77. The van der Waals surface area contributed by atoms with Crippen molar-refractivity contribution in [1.82, 2.24) is 20.2 Å². The Morgan fingerprint density at radius 1 is 1.32 bits per heavy atom. The highest BCUT2D eigenvalue weighted by Gasteiger charge is 2.36. The lowest BCUT2D eigenvalue weighted by atomic mass is 10.0. The number of nitrogens with one attached hydrogen (secondary N) is 1. The van der Waals surface area contributed by atoms with Crippen LogP contribution in [0.1, 0.15) is 18.4 Å². The number of ether oxygens (including phenoxy) is 4. The van der Waals surface area contributed by atoms with Gasteiger partial charge in [0.2, 0.25) is 17.7 Å². The van der Waals surface area contributed by atoms with Gasteiger partial charge in [0.15, 0.2) is 12.0 Å². The number of carbonyl (C=O) groups excluding carboxylic acids is 2. The molecule has 2 aliphatic heterocycles. The Balaban J connectivity index is 1.15. The summed E-state index contributed by atoms with van der Waals surface area (Å²) in [6.45, 7) is 0.291. The summed E-state index contributed by atoms with van der Waals surface area (Å²) in [5.74, 6) is 0.857. The fourth-order valence-corrected chi connectivity index (χ4v) is 4.20. The van der Waals surface area contributed by atoms with Crippen LogP contribution in [0.15, 0.2) is 72.4 Å². The van der Waals surface area contributed by atoms with Crippen molar-refractivity contribution in [3.63, 3.8) is 0 Å². The Hall–Kier alpha value is -4.38. The first kappa shape index (κ1) is 24.3. The van der Waals surface area contributed by atoms with Crippen molar-refractivity contribution in [1.29, 1.82) is 0 Å². The number of hydrogen-bond acceptors (Lipinski definition) is 9. The second kappa shape index (κ2) is 10.7. The van der Waals surface area contributed by atoms with E-state index in [0.29, 0.717) is 22.7 Å². The summed E-state index contributed by atoms with van der Waals surface area (Å²) in [7, 11) is 1.53. The van der Waals surface area contributed by atoms with Crippen LogP contribution in [0.5, 0.6) is 5.88 Å². The molecule has 0 unspecified atom stereocenters. The van der Waals surface area contributed by atoms with E-state index in [4.69, 9.17) is 24.7 Å². The van der Waals surface area contributed by atoms with E-state index in [0.717, 1.165) is 24.0 Å². The third-order valence-corrected chi connectivity index (χ3v) is 6.16.